The van der Waals surface area contributed by atoms with Gasteiger partial charge >= 0.3 is 0 Å². The van der Waals surface area contributed by atoms with Crippen molar-refractivity contribution in [1.29, 1.82) is 0 Å². The van der Waals surface area contributed by atoms with Gasteiger partial charge in [-0.1, -0.05) is 0 Å². The number of methoxy groups -OCH3 is 1. The van der Waals surface area contributed by atoms with Crippen LogP contribution in [0.3, 0.4) is 0 Å². The number of rotatable bonds is 1. The summed E-state index contributed by atoms with van der Waals surface area (Å²) in [6, 6.07) is 0. The number of ether oxygens (including phenoxy) is 4. The van der Waals surface area contributed by atoms with Gasteiger partial charge in [0.1, 0.15) is 6.10 Å². The van der Waals surface area contributed by atoms with E-state index in [1.165, 1.54) is 0 Å². The van der Waals surface area contributed by atoms with Crippen LogP contribution in [0.1, 0.15) is 13.8 Å². The van der Waals surface area contributed by atoms with Gasteiger partial charge in [-0.2, -0.15) is 0 Å². The van der Waals surface area contributed by atoms with Crippen molar-refractivity contribution in [3.63, 3.8) is 0 Å². The van der Waals surface area contributed by atoms with Gasteiger partial charge in [-0.25, -0.2) is 0 Å². The summed E-state index contributed by atoms with van der Waals surface area (Å²) in [4.78, 5) is 0. The molecule has 0 saturated carbocycles. The second-order valence-electron chi connectivity index (χ2n) is 3.46. The lowest BCUT2D eigenvalue weighted by molar-refractivity contribution is -0.390. The van der Waals surface area contributed by atoms with Gasteiger partial charge in [0.15, 0.2) is 0 Å². The Labute approximate surface area is 71.7 Å². The van der Waals surface area contributed by atoms with Crippen LogP contribution in [0.25, 0.3) is 0 Å². The van der Waals surface area contributed by atoms with Crippen LogP contribution in [0, 0.1) is 0 Å². The molecule has 0 unspecified atom stereocenters. The molecule has 2 fully saturated rings. The predicted octanol–water partition coefficient (Wildman–Crippen LogP) is 0.511. The summed E-state index contributed by atoms with van der Waals surface area (Å²) in [6.45, 7) is 4.81. The first-order chi connectivity index (χ1) is 5.60. The van der Waals surface area contributed by atoms with E-state index in [1.807, 2.05) is 13.8 Å². The average molecular weight is 174 g/mol. The second kappa shape index (κ2) is 2.42. The molecule has 2 heterocycles. The summed E-state index contributed by atoms with van der Waals surface area (Å²) in [7, 11) is 1.59. The van der Waals surface area contributed by atoms with Crippen LogP contribution in [-0.2, 0) is 18.9 Å². The molecular formula is C8H14O4. The summed E-state index contributed by atoms with van der Waals surface area (Å²) in [5.41, 5.74) is 0. The fourth-order valence-corrected chi connectivity index (χ4v) is 1.59. The SMILES string of the molecule is CO[C@@]1(C)OC[C@@H]2CO[C@@]1(C)O2. The molecule has 4 nitrogen and oxygen atoms in total. The first-order valence-electron chi connectivity index (χ1n) is 4.10. The summed E-state index contributed by atoms with van der Waals surface area (Å²) >= 11 is 0. The number of fused-ring (bicyclic) bond motifs is 2. The first kappa shape index (κ1) is 8.44. The minimum absolute atomic E-state index is 0.0678. The topological polar surface area (TPSA) is 36.9 Å². The molecule has 2 rings (SSSR count). The molecule has 12 heavy (non-hydrogen) atoms. The standard InChI is InChI=1S/C8H14O4/c1-7(9-3)8(2)11-5-6(12-8)4-10-7/h6H,4-5H2,1-3H3/t6-,7+,8+/m1/s1. The number of hydrogen-bond acceptors (Lipinski definition) is 4. The van der Waals surface area contributed by atoms with E-state index >= 15 is 0 Å². The highest BCUT2D eigenvalue weighted by Crippen LogP contribution is 2.40. The third-order valence-electron chi connectivity index (χ3n) is 2.70. The quantitative estimate of drug-likeness (QED) is 0.580. The van der Waals surface area contributed by atoms with Crippen LogP contribution in [0.5, 0.6) is 0 Å². The normalized spacial score (nSPS) is 52.8. The summed E-state index contributed by atoms with van der Waals surface area (Å²) < 4.78 is 21.9. The van der Waals surface area contributed by atoms with Crippen LogP contribution in [0.4, 0.5) is 0 Å². The van der Waals surface area contributed by atoms with Crippen molar-refractivity contribution in [3.8, 4) is 0 Å². The zero-order valence-electron chi connectivity index (χ0n) is 7.62. The highest BCUT2D eigenvalue weighted by atomic mass is 16.8. The fraction of sp³-hybridized carbons (Fsp3) is 1.00. The van der Waals surface area contributed by atoms with Crippen molar-refractivity contribution in [3.05, 3.63) is 0 Å². The largest absolute Gasteiger partial charge is 0.349 e. The Balaban J connectivity index is 2.25. The van der Waals surface area contributed by atoms with Crippen LogP contribution >= 0.6 is 0 Å². The van der Waals surface area contributed by atoms with Crippen LogP contribution in [0.2, 0.25) is 0 Å². The minimum atomic E-state index is -0.778. The molecule has 2 saturated heterocycles. The van der Waals surface area contributed by atoms with Crippen molar-refractivity contribution in [2.24, 2.45) is 0 Å². The Hall–Kier alpha value is -0.160. The smallest absolute Gasteiger partial charge is 0.220 e. The van der Waals surface area contributed by atoms with Crippen molar-refractivity contribution >= 4 is 0 Å². The maximum absolute atomic E-state index is 5.62. The number of hydrogen-bond donors (Lipinski definition) is 0. The van der Waals surface area contributed by atoms with Gasteiger partial charge in [0.2, 0.25) is 11.6 Å². The third-order valence-corrected chi connectivity index (χ3v) is 2.70. The van der Waals surface area contributed by atoms with E-state index in [-0.39, 0.29) is 6.10 Å². The first-order valence-corrected chi connectivity index (χ1v) is 4.10. The molecule has 0 aromatic carbocycles. The zero-order valence-corrected chi connectivity index (χ0v) is 7.62. The summed E-state index contributed by atoms with van der Waals surface area (Å²) in [5, 5.41) is 0. The molecule has 0 aromatic rings. The van der Waals surface area contributed by atoms with Crippen LogP contribution < -0.4 is 0 Å². The molecule has 0 radical (unpaired) electrons. The third kappa shape index (κ3) is 0.925. The maximum Gasteiger partial charge on any atom is 0.220 e. The molecular weight excluding hydrogens is 160 g/mol. The van der Waals surface area contributed by atoms with Gasteiger partial charge in [0.05, 0.1) is 13.2 Å². The van der Waals surface area contributed by atoms with Gasteiger partial charge in [-0.15, -0.1) is 0 Å². The summed E-state index contributed by atoms with van der Waals surface area (Å²) in [5.74, 6) is -1.52. The molecule has 0 aliphatic carbocycles. The zero-order chi connectivity index (χ0) is 8.82. The Morgan fingerprint density at radius 1 is 1.25 bits per heavy atom. The monoisotopic (exact) mass is 174 g/mol. The highest BCUT2D eigenvalue weighted by molar-refractivity contribution is 4.91. The van der Waals surface area contributed by atoms with E-state index < -0.39 is 11.6 Å². The Morgan fingerprint density at radius 3 is 2.58 bits per heavy atom. The minimum Gasteiger partial charge on any atom is -0.349 e. The van der Waals surface area contributed by atoms with Crippen LogP contribution in [-0.4, -0.2) is 38.0 Å². The molecule has 70 valence electrons. The molecule has 2 bridgehead atoms. The van der Waals surface area contributed by atoms with E-state index in [0.29, 0.717) is 13.2 Å². The second-order valence-corrected chi connectivity index (χ2v) is 3.46. The van der Waals surface area contributed by atoms with Crippen molar-refractivity contribution < 1.29 is 18.9 Å². The van der Waals surface area contributed by atoms with Gasteiger partial charge < -0.3 is 18.9 Å². The molecule has 0 amide bonds. The molecule has 0 spiro atoms. The lowest BCUT2D eigenvalue weighted by Gasteiger charge is -2.43. The molecule has 2 aliphatic rings. The molecule has 2 aliphatic heterocycles. The average Bonchev–Trinajstić information content (AvgIpc) is 2.40. The van der Waals surface area contributed by atoms with E-state index in [0.717, 1.165) is 0 Å². The molecule has 3 atom stereocenters. The van der Waals surface area contributed by atoms with E-state index in [1.54, 1.807) is 7.11 Å². The van der Waals surface area contributed by atoms with E-state index in [2.05, 4.69) is 0 Å². The fourth-order valence-electron chi connectivity index (χ4n) is 1.59. The van der Waals surface area contributed by atoms with E-state index in [4.69, 9.17) is 18.9 Å². The summed E-state index contributed by atoms with van der Waals surface area (Å²) in [6.07, 6.45) is 0.0678. The van der Waals surface area contributed by atoms with Crippen molar-refractivity contribution in [1.82, 2.24) is 0 Å². The van der Waals surface area contributed by atoms with Gasteiger partial charge in [0, 0.05) is 7.11 Å². The van der Waals surface area contributed by atoms with Crippen LogP contribution in [0.15, 0.2) is 0 Å². The maximum atomic E-state index is 5.62. The predicted molar refractivity (Wildman–Crippen MR) is 40.6 cm³/mol. The Morgan fingerprint density at radius 2 is 1.92 bits per heavy atom. The van der Waals surface area contributed by atoms with Crippen molar-refractivity contribution in [2.45, 2.75) is 31.5 Å². The molecule has 0 N–H and O–H groups in total. The Kier molecular flexibility index (Phi) is 1.70. The van der Waals surface area contributed by atoms with E-state index in [9.17, 15) is 0 Å². The molecule has 0 aromatic heterocycles. The van der Waals surface area contributed by atoms with Gasteiger partial charge in [-0.3, -0.25) is 0 Å². The van der Waals surface area contributed by atoms with Crippen molar-refractivity contribution in [2.75, 3.05) is 20.3 Å². The van der Waals surface area contributed by atoms with Gasteiger partial charge in [-0.05, 0) is 13.8 Å². The van der Waals surface area contributed by atoms with Gasteiger partial charge in [0.25, 0.3) is 0 Å². The highest BCUT2D eigenvalue weighted by Gasteiger charge is 2.57. The lowest BCUT2D eigenvalue weighted by Crippen LogP contribution is -2.57. The Bertz CT molecular complexity index is 193. The lowest BCUT2D eigenvalue weighted by atomic mass is 10.1. The molecule has 4 heteroatoms.